The van der Waals surface area contributed by atoms with Gasteiger partial charge in [-0.15, -0.1) is 0 Å². The highest BCUT2D eigenvalue weighted by molar-refractivity contribution is 6.10. The third-order valence-electron chi connectivity index (χ3n) is 5.78. The molecule has 0 bridgehead atoms. The van der Waals surface area contributed by atoms with Crippen molar-refractivity contribution in [3.05, 3.63) is 82.8 Å². The minimum Gasteiger partial charge on any atom is -0.323 e. The van der Waals surface area contributed by atoms with Gasteiger partial charge in [0.15, 0.2) is 5.65 Å². The van der Waals surface area contributed by atoms with Gasteiger partial charge >= 0.3 is 6.03 Å². The van der Waals surface area contributed by atoms with Crippen LogP contribution in [-0.2, 0) is 15.1 Å². The van der Waals surface area contributed by atoms with Gasteiger partial charge < -0.3 is 15.6 Å². The molecule has 4 amide bonds. The molecule has 5 rings (SSSR count). The molecule has 3 heterocycles. The summed E-state index contributed by atoms with van der Waals surface area (Å²) in [6.45, 7) is 0.943. The maximum Gasteiger partial charge on any atom is 0.325 e. The molecule has 0 spiro atoms. The van der Waals surface area contributed by atoms with Crippen molar-refractivity contribution in [1.29, 1.82) is 0 Å². The second kappa shape index (κ2) is 8.17. The Morgan fingerprint density at radius 3 is 2.63 bits per heavy atom. The van der Waals surface area contributed by atoms with Gasteiger partial charge in [0, 0.05) is 0 Å². The van der Waals surface area contributed by atoms with E-state index in [0.29, 0.717) is 22.6 Å². The number of nitrogens with zero attached hydrogens (tertiary/aromatic N) is 4. The number of H-pyrrole nitrogens is 1. The van der Waals surface area contributed by atoms with Gasteiger partial charge in [0.05, 0.1) is 23.9 Å². The third-order valence-corrected chi connectivity index (χ3v) is 5.78. The number of imide groups is 1. The number of hydrogen-bond donors (Lipinski definition) is 3. The van der Waals surface area contributed by atoms with E-state index in [-0.39, 0.29) is 10.9 Å². The van der Waals surface area contributed by atoms with E-state index in [4.69, 9.17) is 0 Å². The molecule has 2 aromatic heterocycles. The van der Waals surface area contributed by atoms with E-state index in [0.717, 1.165) is 4.90 Å². The van der Waals surface area contributed by atoms with Crippen LogP contribution in [0.2, 0.25) is 0 Å². The first kappa shape index (κ1) is 21.9. The first-order valence-corrected chi connectivity index (χ1v) is 10.5. The van der Waals surface area contributed by atoms with Crippen LogP contribution >= 0.6 is 0 Å². The van der Waals surface area contributed by atoms with Crippen molar-refractivity contribution in [2.45, 2.75) is 12.5 Å². The van der Waals surface area contributed by atoms with E-state index < -0.39 is 35.7 Å². The molecule has 1 unspecified atom stereocenters. The quantitative estimate of drug-likeness (QED) is 0.375. The minimum absolute atomic E-state index is 0.271. The van der Waals surface area contributed by atoms with Crippen molar-refractivity contribution in [2.75, 3.05) is 11.9 Å². The van der Waals surface area contributed by atoms with E-state index >= 15 is 0 Å². The molecule has 1 saturated heterocycles. The van der Waals surface area contributed by atoms with Crippen LogP contribution in [0.15, 0.2) is 65.8 Å². The fourth-order valence-electron chi connectivity index (χ4n) is 3.95. The number of carbonyl (C=O) groups excluding carboxylic acids is 3. The number of para-hydroxylation sites is 2. The van der Waals surface area contributed by atoms with Gasteiger partial charge in [-0.25, -0.2) is 18.9 Å². The van der Waals surface area contributed by atoms with Crippen molar-refractivity contribution < 1.29 is 18.8 Å². The molecular weight excluding hydrogens is 457 g/mol. The van der Waals surface area contributed by atoms with Crippen LogP contribution in [0.25, 0.3) is 16.7 Å². The lowest BCUT2D eigenvalue weighted by Crippen LogP contribution is -2.42. The summed E-state index contributed by atoms with van der Waals surface area (Å²) in [6.07, 6.45) is 2.61. The average Bonchev–Trinajstić information content (AvgIpc) is 3.36. The van der Waals surface area contributed by atoms with Crippen molar-refractivity contribution in [3.8, 4) is 5.69 Å². The predicted molar refractivity (Wildman–Crippen MR) is 122 cm³/mol. The summed E-state index contributed by atoms with van der Waals surface area (Å²) in [4.78, 5) is 57.9. The first-order chi connectivity index (χ1) is 16.8. The summed E-state index contributed by atoms with van der Waals surface area (Å²) in [5.74, 6) is -1.75. The molecule has 0 radical (unpaired) electrons. The zero-order valence-corrected chi connectivity index (χ0v) is 18.3. The van der Waals surface area contributed by atoms with Gasteiger partial charge in [-0.3, -0.25) is 19.3 Å². The minimum atomic E-state index is -1.43. The lowest BCUT2D eigenvalue weighted by Gasteiger charge is -2.22. The second-order valence-corrected chi connectivity index (χ2v) is 8.04. The van der Waals surface area contributed by atoms with Crippen LogP contribution in [0.1, 0.15) is 12.5 Å². The summed E-state index contributed by atoms with van der Waals surface area (Å²) in [6, 6.07) is 11.1. The highest BCUT2D eigenvalue weighted by atomic mass is 19.1. The second-order valence-electron chi connectivity index (χ2n) is 8.04. The summed E-state index contributed by atoms with van der Waals surface area (Å²) >= 11 is 0. The van der Waals surface area contributed by atoms with Gasteiger partial charge in [-0.2, -0.15) is 5.10 Å². The average molecular weight is 475 g/mol. The molecule has 1 fully saturated rings. The fraction of sp³-hybridized carbons (Fsp3) is 0.130. The number of nitrogens with one attached hydrogen (secondary N) is 3. The van der Waals surface area contributed by atoms with Crippen molar-refractivity contribution >= 4 is 34.6 Å². The number of rotatable bonds is 5. The van der Waals surface area contributed by atoms with Crippen molar-refractivity contribution in [2.24, 2.45) is 0 Å². The van der Waals surface area contributed by atoms with Gasteiger partial charge in [0.2, 0.25) is 5.91 Å². The number of anilines is 1. The maximum absolute atomic E-state index is 13.3. The van der Waals surface area contributed by atoms with Crippen LogP contribution < -0.4 is 16.2 Å². The van der Waals surface area contributed by atoms with Gasteiger partial charge in [-0.1, -0.05) is 24.3 Å². The summed E-state index contributed by atoms with van der Waals surface area (Å²) < 4.78 is 14.7. The number of amides is 4. The molecule has 12 heteroatoms. The van der Waals surface area contributed by atoms with E-state index in [1.165, 1.54) is 48.4 Å². The van der Waals surface area contributed by atoms with E-state index in [1.807, 2.05) is 0 Å². The topological polar surface area (TPSA) is 142 Å². The molecule has 4 aromatic rings. The number of halogens is 1. The Labute approximate surface area is 196 Å². The highest BCUT2D eigenvalue weighted by Crippen LogP contribution is 2.29. The van der Waals surface area contributed by atoms with E-state index in [9.17, 15) is 23.6 Å². The lowest BCUT2D eigenvalue weighted by molar-refractivity contribution is -0.133. The molecule has 176 valence electrons. The number of benzene rings is 2. The standard InChI is InChI=1S/C23H18FN7O4/c1-23(13-6-8-14(24)9-7-13)21(34)30(22(35)29-23)11-18(32)28-16-4-2-3-5-17(16)31-19-15(10-27-31)20(33)26-12-25-19/h2-10,12H,11H2,1H3,(H,28,32)(H,29,35)(H,25,26,33). The Morgan fingerprint density at radius 2 is 1.86 bits per heavy atom. The zero-order valence-electron chi connectivity index (χ0n) is 18.3. The largest absolute Gasteiger partial charge is 0.325 e. The summed E-state index contributed by atoms with van der Waals surface area (Å²) in [5, 5.41) is 9.74. The highest BCUT2D eigenvalue weighted by Gasteiger charge is 2.49. The Hall–Kier alpha value is -4.87. The molecule has 1 aliphatic rings. The summed E-state index contributed by atoms with van der Waals surface area (Å²) in [5.41, 5.74) is -0.348. The monoisotopic (exact) mass is 475 g/mol. The molecule has 0 aliphatic carbocycles. The molecule has 35 heavy (non-hydrogen) atoms. The Bertz CT molecular complexity index is 1550. The Kier molecular flexibility index (Phi) is 5.12. The smallest absolute Gasteiger partial charge is 0.323 e. The van der Waals surface area contributed by atoms with Crippen LogP contribution in [0.4, 0.5) is 14.9 Å². The molecule has 11 nitrogen and oxygen atoms in total. The number of aromatic amines is 1. The van der Waals surface area contributed by atoms with E-state index in [2.05, 4.69) is 25.7 Å². The SMILES string of the molecule is CC1(c2ccc(F)cc2)NC(=O)N(CC(=O)Nc2ccccc2-n2ncc3c(=O)[nH]cnc32)C1=O. The first-order valence-electron chi connectivity index (χ1n) is 10.5. The van der Waals surface area contributed by atoms with Gasteiger partial charge in [-0.05, 0) is 36.8 Å². The molecule has 1 atom stereocenters. The molecule has 2 aromatic carbocycles. The number of aromatic nitrogens is 4. The maximum atomic E-state index is 13.3. The number of carbonyl (C=O) groups is 3. The van der Waals surface area contributed by atoms with Crippen molar-refractivity contribution in [1.82, 2.24) is 30.0 Å². The molecule has 3 N–H and O–H groups in total. The van der Waals surface area contributed by atoms with Gasteiger partial charge in [0.1, 0.15) is 23.3 Å². The number of hydrogen-bond acceptors (Lipinski definition) is 6. The normalized spacial score (nSPS) is 17.6. The zero-order chi connectivity index (χ0) is 24.7. The Morgan fingerprint density at radius 1 is 1.11 bits per heavy atom. The number of urea groups is 1. The van der Waals surface area contributed by atoms with Crippen LogP contribution in [0.3, 0.4) is 0 Å². The third kappa shape index (κ3) is 3.70. The van der Waals surface area contributed by atoms with Crippen molar-refractivity contribution in [3.63, 3.8) is 0 Å². The van der Waals surface area contributed by atoms with Crippen LogP contribution in [-0.4, -0.2) is 49.0 Å². The summed E-state index contributed by atoms with van der Waals surface area (Å²) in [7, 11) is 0. The van der Waals surface area contributed by atoms with E-state index in [1.54, 1.807) is 24.3 Å². The fourth-order valence-corrected chi connectivity index (χ4v) is 3.95. The molecule has 0 saturated carbocycles. The van der Waals surface area contributed by atoms with Gasteiger partial charge in [0.25, 0.3) is 11.5 Å². The Balaban J connectivity index is 1.38. The molecule has 1 aliphatic heterocycles. The van der Waals surface area contributed by atoms with Crippen LogP contribution in [0.5, 0.6) is 0 Å². The lowest BCUT2D eigenvalue weighted by atomic mass is 9.92. The van der Waals surface area contributed by atoms with Crippen LogP contribution in [0, 0.1) is 5.82 Å². The predicted octanol–water partition coefficient (Wildman–Crippen LogP) is 1.65. The molecular formula is C23H18FN7O4. The number of fused-ring (bicyclic) bond motifs is 1.